The predicted molar refractivity (Wildman–Crippen MR) is 79.8 cm³/mol. The molecule has 0 aliphatic heterocycles. The summed E-state index contributed by atoms with van der Waals surface area (Å²) in [5.74, 6) is -0.422. The number of halogens is 1. The van der Waals surface area contributed by atoms with Crippen LogP contribution < -0.4 is 5.32 Å². The molecule has 108 valence electrons. The maximum atomic E-state index is 12.1. The first-order valence-corrected chi connectivity index (χ1v) is 6.46. The normalized spacial score (nSPS) is 10.2. The highest BCUT2D eigenvalue weighted by atomic mass is 35.5. The molecule has 0 atom stereocenters. The van der Waals surface area contributed by atoms with Crippen LogP contribution in [0.1, 0.15) is 21.6 Å². The van der Waals surface area contributed by atoms with Gasteiger partial charge in [-0.25, -0.2) is 4.98 Å². The Morgan fingerprint density at radius 2 is 2.00 bits per heavy atom. The van der Waals surface area contributed by atoms with Crippen LogP contribution in [-0.2, 0) is 0 Å². The Morgan fingerprint density at radius 1 is 1.29 bits per heavy atom. The molecule has 21 heavy (non-hydrogen) atoms. The highest BCUT2D eigenvalue weighted by Gasteiger charge is 2.15. The minimum absolute atomic E-state index is 0.0198. The summed E-state index contributed by atoms with van der Waals surface area (Å²) in [7, 11) is 0. The number of aryl methyl sites for hydroxylation is 2. The molecule has 1 aromatic heterocycles. The molecule has 0 radical (unpaired) electrons. The number of hydrogen-bond donors (Lipinski definition) is 1. The second-order valence-corrected chi connectivity index (χ2v) is 4.90. The van der Waals surface area contributed by atoms with E-state index < -0.39 is 10.8 Å². The second kappa shape index (κ2) is 5.88. The molecule has 2 rings (SSSR count). The molecule has 2 aromatic rings. The van der Waals surface area contributed by atoms with Crippen molar-refractivity contribution in [3.8, 4) is 0 Å². The number of anilines is 1. The Morgan fingerprint density at radius 3 is 2.62 bits per heavy atom. The van der Waals surface area contributed by atoms with Gasteiger partial charge < -0.3 is 5.32 Å². The predicted octanol–water partition coefficient (Wildman–Crippen LogP) is 3.51. The summed E-state index contributed by atoms with van der Waals surface area (Å²) in [6.07, 6.45) is 0. The van der Waals surface area contributed by atoms with Crippen molar-refractivity contribution < 1.29 is 9.72 Å². The van der Waals surface area contributed by atoms with Crippen LogP contribution in [0.25, 0.3) is 0 Å². The highest BCUT2D eigenvalue weighted by molar-refractivity contribution is 6.29. The number of nitrogens with zero attached hydrogens (tertiary/aromatic N) is 2. The van der Waals surface area contributed by atoms with Gasteiger partial charge in [0.25, 0.3) is 11.6 Å². The third-order valence-electron chi connectivity index (χ3n) is 2.94. The van der Waals surface area contributed by atoms with Gasteiger partial charge in [0.05, 0.1) is 4.92 Å². The van der Waals surface area contributed by atoms with Crippen LogP contribution in [0.2, 0.25) is 5.15 Å². The van der Waals surface area contributed by atoms with Gasteiger partial charge >= 0.3 is 0 Å². The molecule has 0 saturated carbocycles. The third-order valence-corrected chi connectivity index (χ3v) is 3.15. The van der Waals surface area contributed by atoms with Gasteiger partial charge in [-0.3, -0.25) is 14.9 Å². The minimum Gasteiger partial charge on any atom is -0.320 e. The highest BCUT2D eigenvalue weighted by Crippen LogP contribution is 2.26. The lowest BCUT2D eigenvalue weighted by atomic mass is 10.1. The molecule has 0 fully saturated rings. The van der Waals surface area contributed by atoms with Crippen LogP contribution in [0, 0.1) is 24.0 Å². The summed E-state index contributed by atoms with van der Waals surface area (Å²) in [5.41, 5.74) is 1.77. The standard InChI is InChI=1S/C14H12ClN3O3/c1-8-7-12(18(20)21)9(2)6-11(8)17-14(19)10-4-3-5-13(15)16-10/h3-7H,1-2H3,(H,17,19). The number of hydrogen-bond acceptors (Lipinski definition) is 4. The van der Waals surface area contributed by atoms with E-state index in [4.69, 9.17) is 11.6 Å². The number of amides is 1. The monoisotopic (exact) mass is 305 g/mol. The van der Waals surface area contributed by atoms with Crippen molar-refractivity contribution in [1.29, 1.82) is 0 Å². The Labute approximate surface area is 125 Å². The third kappa shape index (κ3) is 3.35. The SMILES string of the molecule is Cc1cc([N+](=O)[O-])c(C)cc1NC(=O)c1cccc(Cl)n1. The Hall–Kier alpha value is -2.47. The zero-order valence-electron chi connectivity index (χ0n) is 11.4. The van der Waals surface area contributed by atoms with Crippen molar-refractivity contribution in [3.63, 3.8) is 0 Å². The van der Waals surface area contributed by atoms with Gasteiger partial charge in [-0.05, 0) is 37.6 Å². The van der Waals surface area contributed by atoms with Crippen LogP contribution in [-0.4, -0.2) is 15.8 Å². The van der Waals surface area contributed by atoms with E-state index in [0.29, 0.717) is 16.8 Å². The molecule has 0 saturated heterocycles. The molecule has 1 aromatic carbocycles. The number of nitro groups is 1. The first-order valence-electron chi connectivity index (χ1n) is 6.08. The smallest absolute Gasteiger partial charge is 0.274 e. The van der Waals surface area contributed by atoms with Crippen LogP contribution in [0.4, 0.5) is 11.4 Å². The van der Waals surface area contributed by atoms with E-state index in [0.717, 1.165) is 0 Å². The molecule has 6 nitrogen and oxygen atoms in total. The van der Waals surface area contributed by atoms with Gasteiger partial charge in [-0.2, -0.15) is 0 Å². The maximum absolute atomic E-state index is 12.1. The van der Waals surface area contributed by atoms with E-state index in [2.05, 4.69) is 10.3 Å². The fourth-order valence-corrected chi connectivity index (χ4v) is 2.02. The van der Waals surface area contributed by atoms with E-state index in [1.165, 1.54) is 12.1 Å². The molecule has 1 N–H and O–H groups in total. The summed E-state index contributed by atoms with van der Waals surface area (Å²) in [5, 5.41) is 13.8. The zero-order valence-corrected chi connectivity index (χ0v) is 12.1. The van der Waals surface area contributed by atoms with E-state index in [-0.39, 0.29) is 16.5 Å². The van der Waals surface area contributed by atoms with E-state index in [1.807, 2.05) is 0 Å². The number of nitro benzene ring substituents is 1. The number of carbonyl (C=O) groups excluding carboxylic acids is 1. The summed E-state index contributed by atoms with van der Waals surface area (Å²) in [6.45, 7) is 3.30. The fourth-order valence-electron chi connectivity index (χ4n) is 1.85. The molecular formula is C14H12ClN3O3. The first-order chi connectivity index (χ1) is 9.88. The van der Waals surface area contributed by atoms with Crippen molar-refractivity contribution in [3.05, 3.63) is 62.4 Å². The largest absolute Gasteiger partial charge is 0.320 e. The number of aromatic nitrogens is 1. The van der Waals surface area contributed by atoms with Gasteiger partial charge in [0, 0.05) is 17.3 Å². The van der Waals surface area contributed by atoms with Crippen molar-refractivity contribution >= 4 is 28.9 Å². The molecule has 0 aliphatic rings. The lowest BCUT2D eigenvalue weighted by Gasteiger charge is -2.09. The van der Waals surface area contributed by atoms with E-state index in [1.54, 1.807) is 32.0 Å². The Bertz CT molecular complexity index is 731. The van der Waals surface area contributed by atoms with Crippen LogP contribution in [0.5, 0.6) is 0 Å². The lowest BCUT2D eigenvalue weighted by Crippen LogP contribution is -2.14. The molecular weight excluding hydrogens is 294 g/mol. The van der Waals surface area contributed by atoms with Gasteiger partial charge in [0.2, 0.25) is 0 Å². The van der Waals surface area contributed by atoms with Gasteiger partial charge in [0.15, 0.2) is 0 Å². The number of carbonyl (C=O) groups is 1. The van der Waals surface area contributed by atoms with Gasteiger partial charge in [0.1, 0.15) is 10.8 Å². The Kier molecular flexibility index (Phi) is 4.18. The van der Waals surface area contributed by atoms with E-state index in [9.17, 15) is 14.9 Å². The summed E-state index contributed by atoms with van der Waals surface area (Å²) in [6, 6.07) is 7.72. The molecule has 0 bridgehead atoms. The number of pyridine rings is 1. The number of benzene rings is 1. The maximum Gasteiger partial charge on any atom is 0.274 e. The topological polar surface area (TPSA) is 85.1 Å². The zero-order chi connectivity index (χ0) is 15.6. The quantitative estimate of drug-likeness (QED) is 0.534. The van der Waals surface area contributed by atoms with Crippen LogP contribution in [0.15, 0.2) is 30.3 Å². The average molecular weight is 306 g/mol. The molecule has 1 heterocycles. The summed E-state index contributed by atoms with van der Waals surface area (Å²) in [4.78, 5) is 26.4. The van der Waals surface area contributed by atoms with Gasteiger partial charge in [-0.15, -0.1) is 0 Å². The lowest BCUT2D eigenvalue weighted by molar-refractivity contribution is -0.385. The Balaban J connectivity index is 2.30. The molecule has 0 unspecified atom stereocenters. The molecule has 7 heteroatoms. The molecule has 0 aliphatic carbocycles. The van der Waals surface area contributed by atoms with E-state index >= 15 is 0 Å². The number of nitrogens with one attached hydrogen (secondary N) is 1. The van der Waals surface area contributed by atoms with Crippen molar-refractivity contribution in [1.82, 2.24) is 4.98 Å². The molecule has 1 amide bonds. The fraction of sp³-hybridized carbons (Fsp3) is 0.143. The average Bonchev–Trinajstić information content (AvgIpc) is 2.42. The summed E-state index contributed by atoms with van der Waals surface area (Å²) >= 11 is 5.74. The van der Waals surface area contributed by atoms with Crippen molar-refractivity contribution in [2.24, 2.45) is 0 Å². The molecule has 0 spiro atoms. The van der Waals surface area contributed by atoms with Crippen molar-refractivity contribution in [2.45, 2.75) is 13.8 Å². The second-order valence-electron chi connectivity index (χ2n) is 4.51. The number of rotatable bonds is 3. The minimum atomic E-state index is -0.452. The van der Waals surface area contributed by atoms with Crippen molar-refractivity contribution in [2.75, 3.05) is 5.32 Å². The van der Waals surface area contributed by atoms with Crippen LogP contribution >= 0.6 is 11.6 Å². The van der Waals surface area contributed by atoms with Crippen LogP contribution in [0.3, 0.4) is 0 Å². The summed E-state index contributed by atoms with van der Waals surface area (Å²) < 4.78 is 0. The first kappa shape index (κ1) is 14.9. The van der Waals surface area contributed by atoms with Gasteiger partial charge in [-0.1, -0.05) is 17.7 Å².